The van der Waals surface area contributed by atoms with E-state index in [0.29, 0.717) is 17.9 Å². The van der Waals surface area contributed by atoms with Crippen molar-refractivity contribution in [1.82, 2.24) is 19.7 Å². The predicted octanol–water partition coefficient (Wildman–Crippen LogP) is 0.728. The summed E-state index contributed by atoms with van der Waals surface area (Å²) < 4.78 is 1.48. The lowest BCUT2D eigenvalue weighted by atomic mass is 9.99. The highest BCUT2D eigenvalue weighted by atomic mass is 16.2. The molecule has 19 heavy (non-hydrogen) atoms. The average Bonchev–Trinajstić information content (AvgIpc) is 2.93. The van der Waals surface area contributed by atoms with Crippen LogP contribution in [0, 0.1) is 0 Å². The van der Waals surface area contributed by atoms with E-state index in [1.807, 2.05) is 6.92 Å². The van der Waals surface area contributed by atoms with Gasteiger partial charge in [0.2, 0.25) is 5.91 Å². The van der Waals surface area contributed by atoms with Crippen molar-refractivity contribution in [3.05, 3.63) is 31.0 Å². The number of pyridine rings is 1. The van der Waals surface area contributed by atoms with Crippen molar-refractivity contribution >= 4 is 11.6 Å². The second-order valence-electron chi connectivity index (χ2n) is 4.44. The molecule has 0 bridgehead atoms. The van der Waals surface area contributed by atoms with Crippen molar-refractivity contribution in [3.8, 4) is 5.82 Å². The molecule has 1 amide bonds. The Morgan fingerprint density at radius 3 is 3.00 bits per heavy atom. The number of nitrogens with two attached hydrogens (primary N) is 1. The molecule has 1 atom stereocenters. The maximum absolute atomic E-state index is 12.1. The molecule has 3 N–H and O–H groups in total. The normalized spacial score (nSPS) is 13.8. The first-order chi connectivity index (χ1) is 9.04. The number of amides is 1. The van der Waals surface area contributed by atoms with E-state index in [0.717, 1.165) is 0 Å². The number of hydrogen-bond donors (Lipinski definition) is 2. The summed E-state index contributed by atoms with van der Waals surface area (Å²) in [5, 5.41) is 6.77. The van der Waals surface area contributed by atoms with Crippen LogP contribution in [0.2, 0.25) is 0 Å². The highest BCUT2D eigenvalue weighted by molar-refractivity contribution is 5.98. The quantitative estimate of drug-likeness (QED) is 0.844. The van der Waals surface area contributed by atoms with E-state index in [-0.39, 0.29) is 5.91 Å². The smallest absolute Gasteiger partial charge is 0.244 e. The fraction of sp³-hybridized carbons (Fsp3) is 0.333. The molecular formula is C12H16N6O. The van der Waals surface area contributed by atoms with Crippen molar-refractivity contribution in [2.75, 3.05) is 5.32 Å². The van der Waals surface area contributed by atoms with Crippen molar-refractivity contribution in [2.24, 2.45) is 5.73 Å². The zero-order valence-electron chi connectivity index (χ0n) is 10.9. The minimum Gasteiger partial charge on any atom is -0.321 e. The maximum Gasteiger partial charge on any atom is 0.244 e. The second kappa shape index (κ2) is 5.15. The highest BCUT2D eigenvalue weighted by Gasteiger charge is 2.26. The predicted molar refractivity (Wildman–Crippen MR) is 70.7 cm³/mol. The van der Waals surface area contributed by atoms with Crippen LogP contribution in [0.5, 0.6) is 0 Å². The third kappa shape index (κ3) is 2.76. The van der Waals surface area contributed by atoms with Crippen LogP contribution in [0.25, 0.3) is 5.82 Å². The van der Waals surface area contributed by atoms with E-state index in [1.165, 1.54) is 17.3 Å². The summed E-state index contributed by atoms with van der Waals surface area (Å²) in [6.45, 7) is 3.55. The number of hydrogen-bond acceptors (Lipinski definition) is 5. The second-order valence-corrected chi connectivity index (χ2v) is 4.44. The molecule has 0 saturated heterocycles. The van der Waals surface area contributed by atoms with E-state index in [1.54, 1.807) is 25.3 Å². The van der Waals surface area contributed by atoms with Crippen LogP contribution in [0.1, 0.15) is 20.3 Å². The molecule has 0 saturated carbocycles. The Bertz CT molecular complexity index is 563. The van der Waals surface area contributed by atoms with Gasteiger partial charge in [-0.2, -0.15) is 5.10 Å². The highest BCUT2D eigenvalue weighted by Crippen LogP contribution is 2.17. The van der Waals surface area contributed by atoms with Gasteiger partial charge in [-0.1, -0.05) is 6.92 Å². The first-order valence-electron chi connectivity index (χ1n) is 5.95. The zero-order chi connectivity index (χ0) is 13.9. The Morgan fingerprint density at radius 2 is 2.37 bits per heavy atom. The summed E-state index contributed by atoms with van der Waals surface area (Å²) in [4.78, 5) is 20.1. The summed E-state index contributed by atoms with van der Waals surface area (Å²) in [6.07, 6.45) is 5.07. The number of carbonyl (C=O) groups is 1. The Hall–Kier alpha value is -2.28. The first kappa shape index (κ1) is 13.2. The van der Waals surface area contributed by atoms with Crippen LogP contribution >= 0.6 is 0 Å². The molecule has 100 valence electrons. The van der Waals surface area contributed by atoms with Crippen molar-refractivity contribution in [2.45, 2.75) is 25.8 Å². The van der Waals surface area contributed by atoms with Crippen LogP contribution < -0.4 is 11.1 Å². The summed E-state index contributed by atoms with van der Waals surface area (Å²) in [5.74, 6) is 0.240. The third-order valence-electron chi connectivity index (χ3n) is 2.92. The number of rotatable bonds is 4. The topological polar surface area (TPSA) is 98.7 Å². The molecule has 0 aromatic carbocycles. The molecule has 2 aromatic heterocycles. The van der Waals surface area contributed by atoms with Crippen molar-refractivity contribution in [1.29, 1.82) is 0 Å². The van der Waals surface area contributed by atoms with E-state index >= 15 is 0 Å². The molecule has 0 fully saturated rings. The molecule has 0 aliphatic rings. The molecule has 0 aliphatic carbocycles. The fourth-order valence-electron chi connectivity index (χ4n) is 1.42. The van der Waals surface area contributed by atoms with Gasteiger partial charge in [-0.25, -0.2) is 14.6 Å². The number of carbonyl (C=O) groups excluding carboxylic acids is 1. The van der Waals surface area contributed by atoms with Crippen LogP contribution in [0.4, 0.5) is 5.69 Å². The first-order valence-corrected chi connectivity index (χ1v) is 5.95. The molecule has 0 aliphatic heterocycles. The lowest BCUT2D eigenvalue weighted by Crippen LogP contribution is -2.47. The Labute approximate surface area is 110 Å². The van der Waals surface area contributed by atoms with E-state index < -0.39 is 5.54 Å². The maximum atomic E-state index is 12.1. The van der Waals surface area contributed by atoms with Gasteiger partial charge in [-0.15, -0.1) is 0 Å². The molecule has 7 nitrogen and oxygen atoms in total. The van der Waals surface area contributed by atoms with Crippen LogP contribution in [-0.2, 0) is 4.79 Å². The van der Waals surface area contributed by atoms with Gasteiger partial charge in [0.25, 0.3) is 0 Å². The van der Waals surface area contributed by atoms with E-state index in [2.05, 4.69) is 20.4 Å². The molecule has 2 rings (SSSR count). The summed E-state index contributed by atoms with van der Waals surface area (Å²) in [5.41, 5.74) is 5.53. The van der Waals surface area contributed by atoms with Crippen molar-refractivity contribution < 1.29 is 4.79 Å². The van der Waals surface area contributed by atoms with Gasteiger partial charge < -0.3 is 11.1 Å². The van der Waals surface area contributed by atoms with Gasteiger partial charge in [0.15, 0.2) is 5.82 Å². The molecule has 2 aromatic rings. The number of nitrogens with one attached hydrogen (secondary N) is 1. The van der Waals surface area contributed by atoms with Crippen LogP contribution in [0.3, 0.4) is 0 Å². The molecule has 2 heterocycles. The zero-order valence-corrected chi connectivity index (χ0v) is 10.9. The molecule has 1 unspecified atom stereocenters. The van der Waals surface area contributed by atoms with E-state index in [9.17, 15) is 4.79 Å². The number of aromatic nitrogens is 4. The van der Waals surface area contributed by atoms with Gasteiger partial charge >= 0.3 is 0 Å². The lowest BCUT2D eigenvalue weighted by Gasteiger charge is -2.22. The fourth-order valence-corrected chi connectivity index (χ4v) is 1.42. The van der Waals surface area contributed by atoms with E-state index in [4.69, 9.17) is 5.73 Å². The molecule has 0 spiro atoms. The van der Waals surface area contributed by atoms with Crippen LogP contribution in [0.15, 0.2) is 31.0 Å². The average molecular weight is 260 g/mol. The molecular weight excluding hydrogens is 244 g/mol. The van der Waals surface area contributed by atoms with Gasteiger partial charge in [-0.3, -0.25) is 4.79 Å². The van der Waals surface area contributed by atoms with Crippen molar-refractivity contribution in [3.63, 3.8) is 0 Å². The number of anilines is 1. The van der Waals surface area contributed by atoms with Gasteiger partial charge in [0.1, 0.15) is 12.7 Å². The summed E-state index contributed by atoms with van der Waals surface area (Å²) >= 11 is 0. The number of nitrogens with zero attached hydrogens (tertiary/aromatic N) is 4. The monoisotopic (exact) mass is 260 g/mol. The minimum atomic E-state index is -0.921. The minimum absolute atomic E-state index is 0.260. The third-order valence-corrected chi connectivity index (χ3v) is 2.92. The largest absolute Gasteiger partial charge is 0.321 e. The molecule has 0 radical (unpaired) electrons. The van der Waals surface area contributed by atoms with Crippen LogP contribution in [-0.4, -0.2) is 31.2 Å². The standard InChI is InChI=1S/C12H16N6O/c1-3-12(2,13)11(19)17-9-5-4-6-15-10(9)18-8-14-7-16-18/h4-8H,3,13H2,1-2H3,(H,17,19). The SMILES string of the molecule is CCC(C)(N)C(=O)Nc1cccnc1-n1cncn1. The Balaban J connectivity index is 2.29. The Kier molecular flexibility index (Phi) is 3.57. The van der Waals surface area contributed by atoms with Gasteiger partial charge in [0, 0.05) is 6.20 Å². The molecule has 7 heteroatoms. The summed E-state index contributed by atoms with van der Waals surface area (Å²) in [7, 11) is 0. The van der Waals surface area contributed by atoms with Gasteiger partial charge in [-0.05, 0) is 25.5 Å². The van der Waals surface area contributed by atoms with Gasteiger partial charge in [0.05, 0.1) is 11.2 Å². The summed E-state index contributed by atoms with van der Waals surface area (Å²) in [6, 6.07) is 3.48. The Morgan fingerprint density at radius 1 is 1.58 bits per heavy atom. The lowest BCUT2D eigenvalue weighted by molar-refractivity contribution is -0.120.